The summed E-state index contributed by atoms with van der Waals surface area (Å²) < 4.78 is 0. The molecule has 2 rings (SSSR count). The maximum atomic E-state index is 10.7. The van der Waals surface area contributed by atoms with Crippen molar-refractivity contribution in [2.75, 3.05) is 0 Å². The van der Waals surface area contributed by atoms with Crippen molar-refractivity contribution in [3.63, 3.8) is 0 Å². The third-order valence-electron chi connectivity index (χ3n) is 4.51. The fraction of sp³-hybridized carbons (Fsp3) is 0.391. The fourth-order valence-corrected chi connectivity index (χ4v) is 2.92. The van der Waals surface area contributed by atoms with E-state index in [-0.39, 0.29) is 5.41 Å². The summed E-state index contributed by atoms with van der Waals surface area (Å²) in [4.78, 5) is 0. The van der Waals surface area contributed by atoms with Crippen molar-refractivity contribution in [3.8, 4) is 11.5 Å². The first kappa shape index (κ1) is 19.1. The predicted molar refractivity (Wildman–Crippen MR) is 107 cm³/mol. The minimum atomic E-state index is -0.107. The average molecular weight is 338 g/mol. The van der Waals surface area contributed by atoms with Crippen LogP contribution < -0.4 is 0 Å². The van der Waals surface area contributed by atoms with Gasteiger partial charge < -0.3 is 10.2 Å². The lowest BCUT2D eigenvalue weighted by Gasteiger charge is -2.23. The van der Waals surface area contributed by atoms with Gasteiger partial charge in [-0.1, -0.05) is 52.3 Å². The Morgan fingerprint density at radius 2 is 1.64 bits per heavy atom. The van der Waals surface area contributed by atoms with Crippen LogP contribution in [0.5, 0.6) is 11.5 Å². The van der Waals surface area contributed by atoms with Gasteiger partial charge in [0, 0.05) is 5.56 Å². The first-order valence-electron chi connectivity index (χ1n) is 9.06. The number of benzene rings is 2. The van der Waals surface area contributed by atoms with Crippen molar-refractivity contribution >= 4 is 12.2 Å². The SMILES string of the molecule is CCCCc1cc(C=Cc2ccc(O)c(C)c2)cc(C(C)(C)C)c1O. The molecule has 0 aliphatic rings. The Hall–Kier alpha value is -2.22. The Kier molecular flexibility index (Phi) is 5.94. The van der Waals surface area contributed by atoms with Gasteiger partial charge in [0.05, 0.1) is 0 Å². The molecule has 0 radical (unpaired) electrons. The molecule has 2 aromatic carbocycles. The lowest BCUT2D eigenvalue weighted by molar-refractivity contribution is 0.439. The van der Waals surface area contributed by atoms with Gasteiger partial charge in [-0.05, 0) is 71.7 Å². The molecule has 2 heteroatoms. The maximum absolute atomic E-state index is 10.7. The quantitative estimate of drug-likeness (QED) is 0.636. The highest BCUT2D eigenvalue weighted by molar-refractivity contribution is 5.72. The van der Waals surface area contributed by atoms with Gasteiger partial charge in [-0.2, -0.15) is 0 Å². The van der Waals surface area contributed by atoms with Crippen LogP contribution in [-0.2, 0) is 11.8 Å². The van der Waals surface area contributed by atoms with Crippen LogP contribution in [0.25, 0.3) is 12.2 Å². The monoisotopic (exact) mass is 338 g/mol. The van der Waals surface area contributed by atoms with E-state index in [0.29, 0.717) is 11.5 Å². The van der Waals surface area contributed by atoms with Crippen molar-refractivity contribution < 1.29 is 10.2 Å². The molecular formula is C23H30O2. The Morgan fingerprint density at radius 3 is 2.24 bits per heavy atom. The van der Waals surface area contributed by atoms with Gasteiger partial charge in [0.1, 0.15) is 11.5 Å². The largest absolute Gasteiger partial charge is 0.508 e. The number of hydrogen-bond donors (Lipinski definition) is 2. The Labute approximate surface area is 151 Å². The molecular weight excluding hydrogens is 308 g/mol. The minimum Gasteiger partial charge on any atom is -0.508 e. The van der Waals surface area contributed by atoms with Crippen LogP contribution in [0.15, 0.2) is 30.3 Å². The third-order valence-corrected chi connectivity index (χ3v) is 4.51. The summed E-state index contributed by atoms with van der Waals surface area (Å²) >= 11 is 0. The summed E-state index contributed by atoms with van der Waals surface area (Å²) in [5.41, 5.74) is 4.92. The van der Waals surface area contributed by atoms with E-state index in [4.69, 9.17) is 0 Å². The summed E-state index contributed by atoms with van der Waals surface area (Å²) in [5.74, 6) is 0.761. The molecule has 134 valence electrons. The van der Waals surface area contributed by atoms with Crippen LogP contribution in [0.2, 0.25) is 0 Å². The number of phenolic OH excluding ortho intramolecular Hbond substituents is 2. The summed E-state index contributed by atoms with van der Waals surface area (Å²) in [6.07, 6.45) is 7.20. The van der Waals surface area contributed by atoms with Crippen molar-refractivity contribution in [2.45, 2.75) is 59.3 Å². The summed E-state index contributed by atoms with van der Waals surface area (Å²) in [5, 5.41) is 20.3. The molecule has 0 aliphatic heterocycles. The molecule has 0 fully saturated rings. The van der Waals surface area contributed by atoms with Crippen LogP contribution in [0, 0.1) is 6.92 Å². The zero-order valence-electron chi connectivity index (χ0n) is 16.1. The highest BCUT2D eigenvalue weighted by Crippen LogP contribution is 2.35. The van der Waals surface area contributed by atoms with E-state index in [9.17, 15) is 10.2 Å². The Bertz CT molecular complexity index is 764. The van der Waals surface area contributed by atoms with Crippen molar-refractivity contribution in [3.05, 3.63) is 58.1 Å². The van der Waals surface area contributed by atoms with E-state index < -0.39 is 0 Å². The molecule has 0 saturated heterocycles. The fourth-order valence-electron chi connectivity index (χ4n) is 2.92. The topological polar surface area (TPSA) is 40.5 Å². The molecule has 0 aliphatic carbocycles. The number of rotatable bonds is 5. The normalized spacial score (nSPS) is 12.0. The summed E-state index contributed by atoms with van der Waals surface area (Å²) in [7, 11) is 0. The smallest absolute Gasteiger partial charge is 0.122 e. The highest BCUT2D eigenvalue weighted by Gasteiger charge is 2.20. The van der Waals surface area contributed by atoms with Gasteiger partial charge in [0.25, 0.3) is 0 Å². The maximum Gasteiger partial charge on any atom is 0.122 e. The van der Waals surface area contributed by atoms with Gasteiger partial charge >= 0.3 is 0 Å². The van der Waals surface area contributed by atoms with Crippen LogP contribution in [0.4, 0.5) is 0 Å². The van der Waals surface area contributed by atoms with Crippen LogP contribution >= 0.6 is 0 Å². The van der Waals surface area contributed by atoms with Gasteiger partial charge in [0.15, 0.2) is 0 Å². The molecule has 2 N–H and O–H groups in total. The molecule has 25 heavy (non-hydrogen) atoms. The van der Waals surface area contributed by atoms with E-state index in [0.717, 1.165) is 47.1 Å². The number of phenols is 2. The molecule has 0 unspecified atom stereocenters. The molecule has 0 atom stereocenters. The Morgan fingerprint density at radius 1 is 0.960 bits per heavy atom. The van der Waals surface area contributed by atoms with Gasteiger partial charge in [0.2, 0.25) is 0 Å². The van der Waals surface area contributed by atoms with Crippen molar-refractivity contribution in [1.29, 1.82) is 0 Å². The molecule has 2 nitrogen and oxygen atoms in total. The van der Waals surface area contributed by atoms with Gasteiger partial charge in [-0.15, -0.1) is 0 Å². The zero-order valence-corrected chi connectivity index (χ0v) is 16.1. The summed E-state index contributed by atoms with van der Waals surface area (Å²) in [6.45, 7) is 10.4. The minimum absolute atomic E-state index is 0.107. The van der Waals surface area contributed by atoms with Gasteiger partial charge in [-0.25, -0.2) is 0 Å². The Balaban J connectivity index is 2.42. The summed E-state index contributed by atoms with van der Waals surface area (Å²) in [6, 6.07) is 9.76. The lowest BCUT2D eigenvalue weighted by Crippen LogP contribution is -2.12. The number of aromatic hydroxyl groups is 2. The van der Waals surface area contributed by atoms with Crippen molar-refractivity contribution in [1.82, 2.24) is 0 Å². The van der Waals surface area contributed by atoms with E-state index in [1.807, 2.05) is 19.1 Å². The van der Waals surface area contributed by atoms with Crippen LogP contribution in [0.1, 0.15) is 68.4 Å². The highest BCUT2D eigenvalue weighted by atomic mass is 16.3. The second kappa shape index (κ2) is 7.77. The first-order valence-corrected chi connectivity index (χ1v) is 9.06. The van der Waals surface area contributed by atoms with Crippen LogP contribution in [0.3, 0.4) is 0 Å². The second-order valence-corrected chi connectivity index (χ2v) is 7.81. The number of unbranched alkanes of at least 4 members (excludes halogenated alkanes) is 1. The molecule has 0 aromatic heterocycles. The predicted octanol–water partition coefficient (Wildman–Crippen LogP) is 6.22. The average Bonchev–Trinajstić information content (AvgIpc) is 2.54. The number of hydrogen-bond acceptors (Lipinski definition) is 2. The molecule has 0 heterocycles. The molecule has 2 aromatic rings. The molecule has 0 amide bonds. The third kappa shape index (κ3) is 4.88. The lowest BCUT2D eigenvalue weighted by atomic mass is 9.83. The van der Waals surface area contributed by atoms with Gasteiger partial charge in [-0.3, -0.25) is 0 Å². The second-order valence-electron chi connectivity index (χ2n) is 7.81. The van der Waals surface area contributed by atoms with E-state index in [2.05, 4.69) is 52.0 Å². The van der Waals surface area contributed by atoms with E-state index in [1.165, 1.54) is 0 Å². The van der Waals surface area contributed by atoms with E-state index in [1.54, 1.807) is 6.07 Å². The molecule has 0 bridgehead atoms. The zero-order chi connectivity index (χ0) is 18.6. The standard InChI is InChI=1S/C23H30O2/c1-6-7-8-19-14-18(15-20(22(19)25)23(3,4)5)10-9-17-11-12-21(24)16(2)13-17/h9-15,24-25H,6-8H2,1-5H3. The van der Waals surface area contributed by atoms with Crippen LogP contribution in [-0.4, -0.2) is 10.2 Å². The van der Waals surface area contributed by atoms with Crippen molar-refractivity contribution in [2.24, 2.45) is 0 Å². The first-order chi connectivity index (χ1) is 11.7. The van der Waals surface area contributed by atoms with E-state index >= 15 is 0 Å². The molecule has 0 spiro atoms. The molecule has 0 saturated carbocycles. The number of aryl methyl sites for hydroxylation is 2.